The van der Waals surface area contributed by atoms with Crippen LogP contribution in [0.4, 0.5) is 5.82 Å². The van der Waals surface area contributed by atoms with Crippen LogP contribution in [-0.2, 0) is 11.2 Å². The van der Waals surface area contributed by atoms with Gasteiger partial charge >= 0.3 is 5.69 Å². The lowest BCUT2D eigenvalue weighted by molar-refractivity contribution is -0.116. The fraction of sp³-hybridized carbons (Fsp3) is 0.533. The number of carbonyl (C=O) groups is 1. The summed E-state index contributed by atoms with van der Waals surface area (Å²) in [5.74, 6) is 1.61. The minimum atomic E-state index is -0.488. The molecule has 1 fully saturated rings. The second-order valence-corrected chi connectivity index (χ2v) is 5.83. The smallest absolute Gasteiger partial charge is 0.339 e. The maximum absolute atomic E-state index is 11.9. The fourth-order valence-electron chi connectivity index (χ4n) is 2.79. The first kappa shape index (κ1) is 15.4. The molecular weight excluding hydrogens is 298 g/mol. The Balaban J connectivity index is 1.53. The molecule has 0 spiro atoms. The molecule has 23 heavy (non-hydrogen) atoms. The third kappa shape index (κ3) is 4.02. The molecule has 1 aliphatic rings. The van der Waals surface area contributed by atoms with Crippen LogP contribution in [0.5, 0.6) is 0 Å². The second-order valence-electron chi connectivity index (χ2n) is 5.83. The van der Waals surface area contributed by atoms with Crippen LogP contribution in [0.25, 0.3) is 0 Å². The molecule has 3 rings (SSSR count). The van der Waals surface area contributed by atoms with E-state index in [1.807, 2.05) is 0 Å². The predicted octanol–water partition coefficient (Wildman–Crippen LogP) is 1.69. The first-order chi connectivity index (χ1) is 11.1. The topological polar surface area (TPSA) is 114 Å². The van der Waals surface area contributed by atoms with Gasteiger partial charge in [0.2, 0.25) is 11.8 Å². The van der Waals surface area contributed by atoms with Gasteiger partial charge in [-0.1, -0.05) is 18.0 Å². The molecule has 0 saturated heterocycles. The summed E-state index contributed by atoms with van der Waals surface area (Å²) in [5, 5.41) is 6.60. The molecule has 2 aromatic heterocycles. The third-order valence-electron chi connectivity index (χ3n) is 3.92. The number of aryl methyl sites for hydroxylation is 2. The molecule has 122 valence electrons. The Morgan fingerprint density at radius 2 is 2.17 bits per heavy atom. The van der Waals surface area contributed by atoms with Gasteiger partial charge in [-0.3, -0.25) is 4.79 Å². The monoisotopic (exact) mass is 317 g/mol. The Hall–Kier alpha value is -2.51. The van der Waals surface area contributed by atoms with Crippen LogP contribution < -0.4 is 11.0 Å². The van der Waals surface area contributed by atoms with Crippen molar-refractivity contribution in [3.8, 4) is 0 Å². The van der Waals surface area contributed by atoms with Crippen LogP contribution in [0.2, 0.25) is 0 Å². The first-order valence-corrected chi connectivity index (χ1v) is 7.80. The van der Waals surface area contributed by atoms with Gasteiger partial charge in [0.15, 0.2) is 5.82 Å². The van der Waals surface area contributed by atoms with Crippen molar-refractivity contribution in [2.45, 2.75) is 51.4 Å². The minimum absolute atomic E-state index is 0.194. The number of aromatic amines is 1. The van der Waals surface area contributed by atoms with E-state index in [-0.39, 0.29) is 18.1 Å². The molecule has 8 heteroatoms. The van der Waals surface area contributed by atoms with E-state index in [2.05, 4.69) is 25.4 Å². The van der Waals surface area contributed by atoms with E-state index in [0.717, 1.165) is 18.7 Å². The Morgan fingerprint density at radius 3 is 2.91 bits per heavy atom. The average molecular weight is 317 g/mol. The summed E-state index contributed by atoms with van der Waals surface area (Å²) in [6.07, 6.45) is 5.19. The van der Waals surface area contributed by atoms with Gasteiger partial charge in [-0.25, -0.2) is 4.79 Å². The van der Waals surface area contributed by atoms with Gasteiger partial charge in [0, 0.05) is 30.5 Å². The van der Waals surface area contributed by atoms with Gasteiger partial charge in [0.05, 0.1) is 0 Å². The highest BCUT2D eigenvalue weighted by Crippen LogP contribution is 2.32. The maximum atomic E-state index is 11.9. The summed E-state index contributed by atoms with van der Waals surface area (Å²) in [7, 11) is 0. The van der Waals surface area contributed by atoms with Crippen molar-refractivity contribution in [1.82, 2.24) is 20.1 Å². The number of carbonyl (C=O) groups excluding carboxylic acids is 1. The summed E-state index contributed by atoms with van der Waals surface area (Å²) in [6, 6.07) is 1.60. The molecule has 0 aliphatic heterocycles. The summed E-state index contributed by atoms with van der Waals surface area (Å²) >= 11 is 0. The fourth-order valence-corrected chi connectivity index (χ4v) is 2.79. The van der Waals surface area contributed by atoms with Crippen LogP contribution in [0.3, 0.4) is 0 Å². The molecule has 1 aliphatic carbocycles. The van der Waals surface area contributed by atoms with Gasteiger partial charge in [-0.15, -0.1) is 0 Å². The number of aromatic nitrogens is 4. The van der Waals surface area contributed by atoms with E-state index in [1.165, 1.54) is 12.8 Å². The molecule has 0 unspecified atom stereocenters. The highest BCUT2D eigenvalue weighted by atomic mass is 16.5. The van der Waals surface area contributed by atoms with Gasteiger partial charge in [-0.2, -0.15) is 9.97 Å². The standard InChI is InChI=1S/C15H19N5O3/c1-9-8-11(18-15(22)16-9)17-12(21)6-7-13-19-14(20-23-13)10-4-2-3-5-10/h8,10H,2-7H2,1H3,(H2,16,17,18,21,22). The quantitative estimate of drug-likeness (QED) is 0.867. The van der Waals surface area contributed by atoms with Crippen molar-refractivity contribution in [3.63, 3.8) is 0 Å². The maximum Gasteiger partial charge on any atom is 0.347 e. The van der Waals surface area contributed by atoms with Crippen LogP contribution in [0, 0.1) is 6.92 Å². The lowest BCUT2D eigenvalue weighted by Crippen LogP contribution is -2.19. The number of hydrogen-bond acceptors (Lipinski definition) is 6. The third-order valence-corrected chi connectivity index (χ3v) is 3.92. The predicted molar refractivity (Wildman–Crippen MR) is 82.1 cm³/mol. The molecule has 0 aromatic carbocycles. The first-order valence-electron chi connectivity index (χ1n) is 7.80. The van der Waals surface area contributed by atoms with Crippen LogP contribution in [-0.4, -0.2) is 26.0 Å². The average Bonchev–Trinajstić information content (AvgIpc) is 3.15. The Kier molecular flexibility index (Phi) is 4.50. The van der Waals surface area contributed by atoms with E-state index >= 15 is 0 Å². The van der Waals surface area contributed by atoms with E-state index in [0.29, 0.717) is 23.9 Å². The zero-order chi connectivity index (χ0) is 16.2. The lowest BCUT2D eigenvalue weighted by Gasteiger charge is -2.03. The van der Waals surface area contributed by atoms with Gasteiger partial charge in [0.1, 0.15) is 5.82 Å². The summed E-state index contributed by atoms with van der Waals surface area (Å²) in [5.41, 5.74) is 0.150. The largest absolute Gasteiger partial charge is 0.347 e. The number of amides is 1. The molecule has 0 bridgehead atoms. The number of rotatable bonds is 5. The lowest BCUT2D eigenvalue weighted by atomic mass is 10.1. The second kappa shape index (κ2) is 6.72. The summed E-state index contributed by atoms with van der Waals surface area (Å²) in [6.45, 7) is 1.72. The molecule has 0 atom stereocenters. The zero-order valence-electron chi connectivity index (χ0n) is 13.0. The molecule has 2 heterocycles. The Morgan fingerprint density at radius 1 is 1.39 bits per heavy atom. The van der Waals surface area contributed by atoms with Crippen molar-refractivity contribution in [1.29, 1.82) is 0 Å². The zero-order valence-corrected chi connectivity index (χ0v) is 13.0. The van der Waals surface area contributed by atoms with Gasteiger partial charge in [-0.05, 0) is 19.8 Å². The van der Waals surface area contributed by atoms with Gasteiger partial charge < -0.3 is 14.8 Å². The molecule has 2 aromatic rings. The Bertz CT molecular complexity index is 746. The van der Waals surface area contributed by atoms with Gasteiger partial charge in [0.25, 0.3) is 0 Å². The highest BCUT2D eigenvalue weighted by molar-refractivity contribution is 5.89. The number of nitrogens with one attached hydrogen (secondary N) is 2. The highest BCUT2D eigenvalue weighted by Gasteiger charge is 2.22. The van der Waals surface area contributed by atoms with Crippen molar-refractivity contribution in [2.24, 2.45) is 0 Å². The van der Waals surface area contributed by atoms with E-state index in [1.54, 1.807) is 13.0 Å². The van der Waals surface area contributed by atoms with E-state index in [4.69, 9.17) is 4.52 Å². The van der Waals surface area contributed by atoms with E-state index < -0.39 is 5.69 Å². The number of hydrogen-bond donors (Lipinski definition) is 2. The molecule has 8 nitrogen and oxygen atoms in total. The van der Waals surface area contributed by atoms with Crippen molar-refractivity contribution in [2.75, 3.05) is 5.32 Å². The number of anilines is 1. The molecule has 0 radical (unpaired) electrons. The SMILES string of the molecule is Cc1cc(NC(=O)CCc2nc(C3CCCC3)no2)nc(=O)[nH]1. The Labute approximate surface area is 132 Å². The normalized spacial score (nSPS) is 15.0. The van der Waals surface area contributed by atoms with Crippen LogP contribution in [0.15, 0.2) is 15.4 Å². The van der Waals surface area contributed by atoms with Crippen molar-refractivity contribution >= 4 is 11.7 Å². The summed E-state index contributed by atoms with van der Waals surface area (Å²) < 4.78 is 5.20. The van der Waals surface area contributed by atoms with Crippen LogP contribution >= 0.6 is 0 Å². The van der Waals surface area contributed by atoms with Crippen LogP contribution in [0.1, 0.15) is 55.4 Å². The van der Waals surface area contributed by atoms with E-state index in [9.17, 15) is 9.59 Å². The van der Waals surface area contributed by atoms with Crippen molar-refractivity contribution in [3.05, 3.63) is 34.0 Å². The molecule has 2 N–H and O–H groups in total. The molecule has 1 amide bonds. The molecular formula is C15H19N5O3. The summed E-state index contributed by atoms with van der Waals surface area (Å²) in [4.78, 5) is 33.7. The minimum Gasteiger partial charge on any atom is -0.339 e. The van der Waals surface area contributed by atoms with Crippen molar-refractivity contribution < 1.29 is 9.32 Å². The molecule has 1 saturated carbocycles. The number of H-pyrrole nitrogens is 1. The number of nitrogens with zero attached hydrogens (tertiary/aromatic N) is 3.